The highest BCUT2D eigenvalue weighted by Gasteiger charge is 2.40. The molecule has 4 aromatic rings. The van der Waals surface area contributed by atoms with Crippen molar-refractivity contribution in [2.24, 2.45) is 23.7 Å². The monoisotopic (exact) mass is 820 g/mol. The minimum Gasteiger partial charge on any atom is -0.344 e. The minimum atomic E-state index is -0.490. The topological polar surface area (TPSA) is 125 Å². The lowest BCUT2D eigenvalue weighted by atomic mass is 10.0. The molecule has 4 atom stereocenters. The van der Waals surface area contributed by atoms with Crippen LogP contribution in [0.4, 0.5) is 0 Å². The van der Waals surface area contributed by atoms with Crippen molar-refractivity contribution < 1.29 is 19.2 Å². The minimum absolute atomic E-state index is 0.0160. The molecule has 58 heavy (non-hydrogen) atoms. The predicted molar refractivity (Wildman–Crippen MR) is 230 cm³/mol. The summed E-state index contributed by atoms with van der Waals surface area (Å²) in [5, 5.41) is 8.06. The molecule has 0 spiro atoms. The number of hydrogen-bond acceptors (Lipinski definition) is 8. The summed E-state index contributed by atoms with van der Waals surface area (Å²) in [5.41, 5.74) is 4.41. The quantitative estimate of drug-likeness (QED) is 0.124. The summed E-state index contributed by atoms with van der Waals surface area (Å²) >= 11 is 3.29. The zero-order valence-corrected chi connectivity index (χ0v) is 35.7. The number of nitrogens with one attached hydrogen (secondary N) is 2. The number of likely N-dealkylation sites (tertiary alicyclic amines) is 2. The summed E-state index contributed by atoms with van der Waals surface area (Å²) in [4.78, 5) is 68.6. The fourth-order valence-electron chi connectivity index (χ4n) is 8.43. The maximum Gasteiger partial charge on any atom is 0.245 e. The van der Waals surface area contributed by atoms with E-state index in [1.54, 1.807) is 22.7 Å². The van der Waals surface area contributed by atoms with Crippen LogP contribution in [0.2, 0.25) is 0 Å². The van der Waals surface area contributed by atoms with E-state index in [4.69, 9.17) is 9.97 Å². The molecule has 1 unspecified atom stereocenters. The van der Waals surface area contributed by atoms with Gasteiger partial charge in [-0.15, -0.1) is 22.7 Å². The molecule has 4 amide bonds. The summed E-state index contributed by atoms with van der Waals surface area (Å²) in [5.74, 6) is 0.794. The smallest absolute Gasteiger partial charge is 0.245 e. The van der Waals surface area contributed by atoms with E-state index in [-0.39, 0.29) is 47.5 Å². The number of thiazole rings is 2. The van der Waals surface area contributed by atoms with Crippen molar-refractivity contribution in [3.63, 3.8) is 0 Å². The number of benzene rings is 2. The van der Waals surface area contributed by atoms with Gasteiger partial charge in [-0.1, -0.05) is 76.2 Å². The first kappa shape index (κ1) is 40.4. The van der Waals surface area contributed by atoms with E-state index >= 15 is 0 Å². The SMILES string of the molecule is CC(C)CC(NC(=O)C1CC1)C(=O)N1CCC[C@H]1c1ncc(-c2ccc(-c3ccc(-c4cnc([C@@H]5CCCN5C(=O)[C@@H](CC(C)C)NC(=O)C5CC5)s4)cc3)cc2)s1. The summed E-state index contributed by atoms with van der Waals surface area (Å²) in [6.45, 7) is 9.75. The average molecular weight is 821 g/mol. The number of hydrogen-bond donors (Lipinski definition) is 2. The second-order valence-electron chi connectivity index (χ2n) is 17.6. The molecule has 2 aromatic carbocycles. The lowest BCUT2D eigenvalue weighted by Gasteiger charge is -2.29. The van der Waals surface area contributed by atoms with Crippen molar-refractivity contribution in [1.29, 1.82) is 0 Å². The van der Waals surface area contributed by atoms with Gasteiger partial charge in [-0.3, -0.25) is 19.2 Å². The van der Waals surface area contributed by atoms with Gasteiger partial charge in [0.25, 0.3) is 0 Å². The molecule has 10 nitrogen and oxygen atoms in total. The number of aromatic nitrogens is 2. The van der Waals surface area contributed by atoms with E-state index in [1.807, 2.05) is 22.2 Å². The fourth-order valence-corrected chi connectivity index (χ4v) is 10.6. The molecular formula is C46H56N6O4S2. The third kappa shape index (κ3) is 9.23. The van der Waals surface area contributed by atoms with Gasteiger partial charge in [0.1, 0.15) is 22.1 Å². The van der Waals surface area contributed by atoms with Crippen LogP contribution in [0.15, 0.2) is 60.9 Å². The molecule has 4 aliphatic rings. The summed E-state index contributed by atoms with van der Waals surface area (Å²) in [6.07, 6.45) is 12.4. The molecule has 2 saturated heterocycles. The molecule has 306 valence electrons. The van der Waals surface area contributed by atoms with Gasteiger partial charge in [-0.05, 0) is 98.3 Å². The third-order valence-corrected chi connectivity index (χ3v) is 14.2. The zero-order chi connectivity index (χ0) is 40.5. The molecule has 12 heteroatoms. The van der Waals surface area contributed by atoms with Crippen LogP contribution in [0.25, 0.3) is 32.0 Å². The van der Waals surface area contributed by atoms with Crippen LogP contribution in [0.3, 0.4) is 0 Å². The molecule has 0 bridgehead atoms. The van der Waals surface area contributed by atoms with E-state index in [9.17, 15) is 19.2 Å². The number of carbonyl (C=O) groups excluding carboxylic acids is 4. The van der Waals surface area contributed by atoms with Crippen molar-refractivity contribution in [1.82, 2.24) is 30.4 Å². The van der Waals surface area contributed by atoms with Gasteiger partial charge in [0.15, 0.2) is 0 Å². The third-order valence-electron chi connectivity index (χ3n) is 11.9. The van der Waals surface area contributed by atoms with E-state index in [2.05, 4.69) is 86.9 Å². The maximum atomic E-state index is 13.8. The molecule has 2 N–H and O–H groups in total. The molecule has 8 rings (SSSR count). The molecule has 2 aromatic heterocycles. The fraction of sp³-hybridized carbons (Fsp3) is 0.522. The first-order valence-electron chi connectivity index (χ1n) is 21.4. The lowest BCUT2D eigenvalue weighted by Crippen LogP contribution is -2.49. The molecule has 0 radical (unpaired) electrons. The van der Waals surface area contributed by atoms with Crippen LogP contribution >= 0.6 is 22.7 Å². The van der Waals surface area contributed by atoms with Crippen LogP contribution in [-0.2, 0) is 19.2 Å². The van der Waals surface area contributed by atoms with Crippen molar-refractivity contribution in [3.05, 3.63) is 70.9 Å². The Hall–Kier alpha value is -4.42. The van der Waals surface area contributed by atoms with Crippen LogP contribution in [-0.4, -0.2) is 68.6 Å². The molecule has 4 heterocycles. The van der Waals surface area contributed by atoms with Crippen molar-refractivity contribution in [3.8, 4) is 32.0 Å². The normalized spacial score (nSPS) is 20.4. The van der Waals surface area contributed by atoms with Gasteiger partial charge in [0, 0.05) is 37.3 Å². The van der Waals surface area contributed by atoms with Crippen molar-refractivity contribution in [2.45, 2.75) is 116 Å². The largest absolute Gasteiger partial charge is 0.344 e. The van der Waals surface area contributed by atoms with E-state index in [1.165, 1.54) is 0 Å². The predicted octanol–water partition coefficient (Wildman–Crippen LogP) is 8.81. The first-order chi connectivity index (χ1) is 28.0. The highest BCUT2D eigenvalue weighted by molar-refractivity contribution is 7.15. The molecule has 2 aliphatic heterocycles. The van der Waals surface area contributed by atoms with Gasteiger partial charge in [0.2, 0.25) is 23.6 Å². The number of carbonyl (C=O) groups is 4. The number of rotatable bonds is 15. The molecule has 2 saturated carbocycles. The van der Waals surface area contributed by atoms with E-state index < -0.39 is 12.1 Å². The number of amides is 4. The molecular weight excluding hydrogens is 765 g/mol. The van der Waals surface area contributed by atoms with Gasteiger partial charge in [-0.2, -0.15) is 0 Å². The van der Waals surface area contributed by atoms with E-state index in [0.717, 1.165) is 93.4 Å². The van der Waals surface area contributed by atoms with Crippen LogP contribution in [0, 0.1) is 23.7 Å². The Morgan fingerprint density at radius 1 is 0.586 bits per heavy atom. The second-order valence-corrected chi connectivity index (χ2v) is 19.7. The Labute approximate surface area is 350 Å². The highest BCUT2D eigenvalue weighted by Crippen LogP contribution is 2.41. The standard InChI is InChI=1S/C46H56N6O4S2/c1-27(2)23-35(49-41(53)33-17-18-33)45(55)51-21-5-7-37(51)43-47-25-39(57-43)31-13-9-29(10-14-31)30-11-15-32(16-12-30)40-26-48-44(58-40)38-8-6-22-52(38)46(56)36(24-28(3)4)50-42(54)34-19-20-34/h9-16,25-28,33-38H,5-8,17-24H2,1-4H3,(H,49,53)(H,50,54)/t35-,36?,37+,38+/m1/s1. The van der Waals surface area contributed by atoms with Crippen molar-refractivity contribution in [2.75, 3.05) is 13.1 Å². The summed E-state index contributed by atoms with van der Waals surface area (Å²) in [6, 6.07) is 16.0. The Morgan fingerprint density at radius 3 is 1.29 bits per heavy atom. The second kappa shape index (κ2) is 17.4. The Morgan fingerprint density at radius 2 is 0.948 bits per heavy atom. The number of nitrogens with zero attached hydrogens (tertiary/aromatic N) is 4. The Balaban J connectivity index is 0.903. The molecule has 2 aliphatic carbocycles. The van der Waals surface area contributed by atoms with Gasteiger partial charge < -0.3 is 20.4 Å². The zero-order valence-electron chi connectivity index (χ0n) is 34.1. The van der Waals surface area contributed by atoms with Gasteiger partial charge >= 0.3 is 0 Å². The Kier molecular flexibility index (Phi) is 12.1. The summed E-state index contributed by atoms with van der Waals surface area (Å²) < 4.78 is 0. The Bertz CT molecular complexity index is 1950. The molecule has 4 fully saturated rings. The summed E-state index contributed by atoms with van der Waals surface area (Å²) in [7, 11) is 0. The van der Waals surface area contributed by atoms with Crippen LogP contribution < -0.4 is 10.6 Å². The first-order valence-corrected chi connectivity index (χ1v) is 23.0. The lowest BCUT2D eigenvalue weighted by molar-refractivity contribution is -0.138. The van der Waals surface area contributed by atoms with Crippen molar-refractivity contribution >= 4 is 46.3 Å². The van der Waals surface area contributed by atoms with Crippen LogP contribution in [0.5, 0.6) is 0 Å². The van der Waals surface area contributed by atoms with E-state index in [0.29, 0.717) is 37.8 Å². The highest BCUT2D eigenvalue weighted by atomic mass is 32.1. The average Bonchev–Trinajstić information content (AvgIpc) is 3.97. The van der Waals surface area contributed by atoms with Crippen LogP contribution in [0.1, 0.15) is 114 Å². The van der Waals surface area contributed by atoms with Gasteiger partial charge in [-0.25, -0.2) is 9.97 Å². The van der Waals surface area contributed by atoms with Gasteiger partial charge in [0.05, 0.1) is 21.8 Å². The maximum absolute atomic E-state index is 13.8.